The van der Waals surface area contributed by atoms with Crippen molar-refractivity contribution in [1.29, 1.82) is 0 Å². The van der Waals surface area contributed by atoms with Crippen molar-refractivity contribution in [2.24, 2.45) is 0 Å². The van der Waals surface area contributed by atoms with Crippen LogP contribution in [-0.2, 0) is 11.3 Å². The minimum Gasteiger partial charge on any atom is -0.394 e. The monoisotopic (exact) mass is 263 g/mol. The molecule has 1 amide bonds. The van der Waals surface area contributed by atoms with Crippen LogP contribution >= 0.6 is 0 Å². The number of aliphatic hydroxyl groups is 1. The fourth-order valence-corrected chi connectivity index (χ4v) is 2.51. The Morgan fingerprint density at radius 2 is 2.37 bits per heavy atom. The molecule has 1 aromatic rings. The summed E-state index contributed by atoms with van der Waals surface area (Å²) in [6.45, 7) is 5.29. The van der Waals surface area contributed by atoms with Crippen LogP contribution in [0, 0.1) is 0 Å². The van der Waals surface area contributed by atoms with E-state index >= 15 is 0 Å². The zero-order valence-corrected chi connectivity index (χ0v) is 11.5. The molecule has 1 aliphatic rings. The molecule has 19 heavy (non-hydrogen) atoms. The lowest BCUT2D eigenvalue weighted by Crippen LogP contribution is -2.53. The predicted octanol–water partition coefficient (Wildman–Crippen LogP) is 0.543. The van der Waals surface area contributed by atoms with Gasteiger partial charge in [0.1, 0.15) is 6.04 Å². The van der Waals surface area contributed by atoms with Crippen molar-refractivity contribution in [2.45, 2.75) is 38.4 Å². The number of nitrogens with zero attached hydrogens (tertiary/aromatic N) is 2. The van der Waals surface area contributed by atoms with Crippen molar-refractivity contribution in [3.05, 3.63) is 30.1 Å². The van der Waals surface area contributed by atoms with Gasteiger partial charge in [-0.2, -0.15) is 0 Å². The van der Waals surface area contributed by atoms with Crippen LogP contribution in [0.5, 0.6) is 0 Å². The first-order valence-electron chi connectivity index (χ1n) is 6.59. The SMILES string of the molecule is CC1(C)CCNC(=O)C(CO)N1Cc1cccnc1. The second-order valence-corrected chi connectivity index (χ2v) is 5.54. The third-order valence-electron chi connectivity index (χ3n) is 3.74. The summed E-state index contributed by atoms with van der Waals surface area (Å²) in [6, 6.07) is 3.37. The molecule has 1 saturated heterocycles. The quantitative estimate of drug-likeness (QED) is 0.835. The van der Waals surface area contributed by atoms with E-state index in [1.807, 2.05) is 12.1 Å². The highest BCUT2D eigenvalue weighted by molar-refractivity contribution is 5.82. The van der Waals surface area contributed by atoms with E-state index in [0.29, 0.717) is 13.1 Å². The van der Waals surface area contributed by atoms with Gasteiger partial charge < -0.3 is 10.4 Å². The molecule has 2 N–H and O–H groups in total. The summed E-state index contributed by atoms with van der Waals surface area (Å²) in [5.41, 5.74) is 0.895. The molecule has 1 unspecified atom stereocenters. The van der Waals surface area contributed by atoms with Gasteiger partial charge in [-0.1, -0.05) is 6.07 Å². The number of pyridine rings is 1. The predicted molar refractivity (Wildman–Crippen MR) is 72.4 cm³/mol. The van der Waals surface area contributed by atoms with Crippen molar-refractivity contribution in [3.8, 4) is 0 Å². The highest BCUT2D eigenvalue weighted by Gasteiger charge is 2.38. The molecule has 1 aliphatic heterocycles. The minimum absolute atomic E-state index is 0.100. The van der Waals surface area contributed by atoms with Crippen LogP contribution in [0.3, 0.4) is 0 Å². The molecular formula is C14H21N3O2. The van der Waals surface area contributed by atoms with Crippen LogP contribution in [0.15, 0.2) is 24.5 Å². The zero-order valence-electron chi connectivity index (χ0n) is 11.5. The summed E-state index contributed by atoms with van der Waals surface area (Å²) in [4.78, 5) is 18.2. The smallest absolute Gasteiger partial charge is 0.239 e. The van der Waals surface area contributed by atoms with Gasteiger partial charge in [-0.05, 0) is 31.9 Å². The second-order valence-electron chi connectivity index (χ2n) is 5.54. The van der Waals surface area contributed by atoms with Gasteiger partial charge in [-0.3, -0.25) is 14.7 Å². The number of aromatic nitrogens is 1. The molecule has 0 radical (unpaired) electrons. The first kappa shape index (κ1) is 14.0. The molecule has 1 aromatic heterocycles. The molecule has 2 rings (SSSR count). The van der Waals surface area contributed by atoms with E-state index < -0.39 is 6.04 Å². The second kappa shape index (κ2) is 5.67. The molecule has 0 spiro atoms. The van der Waals surface area contributed by atoms with Gasteiger partial charge in [0, 0.05) is 31.0 Å². The van der Waals surface area contributed by atoms with Crippen molar-refractivity contribution in [3.63, 3.8) is 0 Å². The Bertz CT molecular complexity index is 434. The normalized spacial score (nSPS) is 23.7. The Kier molecular flexibility index (Phi) is 4.17. The fraction of sp³-hybridized carbons (Fsp3) is 0.571. The molecule has 5 heteroatoms. The zero-order chi connectivity index (χ0) is 13.9. The van der Waals surface area contributed by atoms with E-state index in [1.54, 1.807) is 12.4 Å². The van der Waals surface area contributed by atoms with Gasteiger partial charge in [0.25, 0.3) is 0 Å². The largest absolute Gasteiger partial charge is 0.394 e. The first-order chi connectivity index (χ1) is 9.04. The van der Waals surface area contributed by atoms with Crippen LogP contribution in [0.25, 0.3) is 0 Å². The molecule has 0 aliphatic carbocycles. The van der Waals surface area contributed by atoms with Gasteiger partial charge in [0.2, 0.25) is 5.91 Å². The Morgan fingerprint density at radius 3 is 3.00 bits per heavy atom. The van der Waals surface area contributed by atoms with E-state index in [9.17, 15) is 9.90 Å². The molecule has 104 valence electrons. The maximum atomic E-state index is 12.0. The van der Waals surface area contributed by atoms with Gasteiger partial charge in [0.15, 0.2) is 0 Å². The average molecular weight is 263 g/mol. The summed E-state index contributed by atoms with van der Waals surface area (Å²) in [6.07, 6.45) is 4.39. The van der Waals surface area contributed by atoms with Crippen LogP contribution in [-0.4, -0.2) is 45.6 Å². The minimum atomic E-state index is -0.502. The van der Waals surface area contributed by atoms with Crippen molar-refractivity contribution >= 4 is 5.91 Å². The van der Waals surface area contributed by atoms with Gasteiger partial charge in [-0.25, -0.2) is 0 Å². The third kappa shape index (κ3) is 3.11. The Hall–Kier alpha value is -1.46. The van der Waals surface area contributed by atoms with Crippen molar-refractivity contribution in [1.82, 2.24) is 15.2 Å². The summed E-state index contributed by atoms with van der Waals surface area (Å²) in [7, 11) is 0. The van der Waals surface area contributed by atoms with E-state index in [0.717, 1.165) is 12.0 Å². The Labute approximate surface area is 113 Å². The number of amides is 1. The molecule has 1 atom stereocenters. The lowest BCUT2D eigenvalue weighted by atomic mass is 9.96. The van der Waals surface area contributed by atoms with E-state index in [4.69, 9.17) is 0 Å². The summed E-state index contributed by atoms with van der Waals surface area (Å²) < 4.78 is 0. The lowest BCUT2D eigenvalue weighted by molar-refractivity contribution is -0.129. The number of hydrogen-bond acceptors (Lipinski definition) is 4. The maximum absolute atomic E-state index is 12.0. The standard InChI is InChI=1S/C14H21N3O2/c1-14(2)5-7-16-13(19)12(10-18)17(14)9-11-4-3-6-15-8-11/h3-4,6,8,12,18H,5,7,9-10H2,1-2H3,(H,16,19). The molecule has 5 nitrogen and oxygen atoms in total. The summed E-state index contributed by atoms with van der Waals surface area (Å²) in [5, 5.41) is 12.4. The highest BCUT2D eigenvalue weighted by atomic mass is 16.3. The third-order valence-corrected chi connectivity index (χ3v) is 3.74. The molecule has 2 heterocycles. The Morgan fingerprint density at radius 1 is 1.58 bits per heavy atom. The first-order valence-corrected chi connectivity index (χ1v) is 6.59. The van der Waals surface area contributed by atoms with Crippen molar-refractivity contribution < 1.29 is 9.90 Å². The maximum Gasteiger partial charge on any atom is 0.239 e. The molecule has 1 fully saturated rings. The van der Waals surface area contributed by atoms with Gasteiger partial charge >= 0.3 is 0 Å². The van der Waals surface area contributed by atoms with Crippen LogP contribution in [0.2, 0.25) is 0 Å². The molecule has 0 bridgehead atoms. The van der Waals surface area contributed by atoms with Crippen molar-refractivity contribution in [2.75, 3.05) is 13.2 Å². The van der Waals surface area contributed by atoms with Crippen LogP contribution in [0.4, 0.5) is 0 Å². The number of carbonyl (C=O) groups is 1. The average Bonchev–Trinajstić information content (AvgIpc) is 2.48. The van der Waals surface area contributed by atoms with E-state index in [2.05, 4.69) is 29.0 Å². The highest BCUT2D eigenvalue weighted by Crippen LogP contribution is 2.26. The number of aliphatic hydroxyl groups excluding tert-OH is 1. The Balaban J connectivity index is 2.27. The summed E-state index contributed by atoms with van der Waals surface area (Å²) in [5.74, 6) is -0.100. The van der Waals surface area contributed by atoms with E-state index in [-0.39, 0.29) is 18.1 Å². The van der Waals surface area contributed by atoms with Crippen LogP contribution in [0.1, 0.15) is 25.8 Å². The number of carbonyl (C=O) groups excluding carboxylic acids is 1. The topological polar surface area (TPSA) is 65.5 Å². The molecule has 0 aromatic carbocycles. The van der Waals surface area contributed by atoms with Gasteiger partial charge in [-0.15, -0.1) is 0 Å². The number of nitrogens with one attached hydrogen (secondary N) is 1. The number of rotatable bonds is 3. The van der Waals surface area contributed by atoms with E-state index in [1.165, 1.54) is 0 Å². The molecular weight excluding hydrogens is 242 g/mol. The lowest BCUT2D eigenvalue weighted by Gasteiger charge is -2.40. The number of hydrogen-bond donors (Lipinski definition) is 2. The molecule has 0 saturated carbocycles. The van der Waals surface area contributed by atoms with Crippen LogP contribution < -0.4 is 5.32 Å². The van der Waals surface area contributed by atoms with Gasteiger partial charge in [0.05, 0.1) is 6.61 Å². The summed E-state index contributed by atoms with van der Waals surface area (Å²) >= 11 is 0. The fourth-order valence-electron chi connectivity index (χ4n) is 2.51.